The highest BCUT2D eigenvalue weighted by molar-refractivity contribution is 7.47. The van der Waals surface area contributed by atoms with Crippen LogP contribution in [0.15, 0.2) is 24.3 Å². The fourth-order valence-corrected chi connectivity index (χ4v) is 10.5. The molecule has 0 amide bonds. The highest BCUT2D eigenvalue weighted by Gasteiger charge is 2.30. The molecule has 0 heterocycles. The molecule has 0 saturated carbocycles. The lowest BCUT2D eigenvalue weighted by molar-refractivity contribution is -0.161. The molecule has 82 heavy (non-hydrogen) atoms. The average Bonchev–Trinajstić information content (AvgIpc) is 3.49. The molecule has 2 unspecified atom stereocenters. The lowest BCUT2D eigenvalue weighted by Gasteiger charge is -2.21. The smallest absolute Gasteiger partial charge is 0.462 e. The number of aliphatic hydroxyl groups is 1. The number of allylic oxidation sites excluding steroid dienone is 4. The zero-order valence-electron chi connectivity index (χ0n) is 51.9. The molecule has 0 radical (unpaired) electrons. The first kappa shape index (κ1) is 79.5. The molecule has 5 atom stereocenters. The number of carbonyl (C=O) groups is 4. The van der Waals surface area contributed by atoms with E-state index in [2.05, 4.69) is 52.0 Å². The SMILES string of the molecule is CCCCCC/C=C\C=C/CCCCCCCC(=O)O[C@H](COC(=O)CCCCCCCCCCCCCCCC)COP(=O)(O)OC[C@@H](O)COP(=O)(O)OC[C@@H](COC(=O)CCCCCCC)OC(=O)CCCCCCCCCC. The zero-order valence-corrected chi connectivity index (χ0v) is 53.7. The average molecular weight is 1210 g/mol. The van der Waals surface area contributed by atoms with Gasteiger partial charge in [-0.15, -0.1) is 0 Å². The number of unbranched alkanes of at least 4 members (excludes halogenated alkanes) is 33. The van der Waals surface area contributed by atoms with Gasteiger partial charge in [-0.3, -0.25) is 37.3 Å². The predicted octanol–water partition coefficient (Wildman–Crippen LogP) is 17.1. The molecule has 0 fully saturated rings. The van der Waals surface area contributed by atoms with Gasteiger partial charge in [0.1, 0.15) is 19.3 Å². The van der Waals surface area contributed by atoms with Crippen molar-refractivity contribution in [1.29, 1.82) is 0 Å². The molecule has 0 aromatic heterocycles. The molecule has 0 saturated heterocycles. The Kier molecular flexibility index (Phi) is 55.9. The van der Waals surface area contributed by atoms with Gasteiger partial charge in [-0.25, -0.2) is 9.13 Å². The number of phosphoric ester groups is 2. The van der Waals surface area contributed by atoms with Crippen molar-refractivity contribution in [3.05, 3.63) is 24.3 Å². The Hall–Kier alpha value is -2.46. The number of carbonyl (C=O) groups excluding carboxylic acids is 4. The summed E-state index contributed by atoms with van der Waals surface area (Å²) in [5.74, 6) is -2.18. The summed E-state index contributed by atoms with van der Waals surface area (Å²) in [6, 6.07) is 0. The second-order valence-corrected chi connectivity index (χ2v) is 25.0. The van der Waals surface area contributed by atoms with Gasteiger partial charge in [0.2, 0.25) is 0 Å². The molecule has 17 nitrogen and oxygen atoms in total. The lowest BCUT2D eigenvalue weighted by atomic mass is 10.0. The third kappa shape index (κ3) is 56.7. The predicted molar refractivity (Wildman–Crippen MR) is 326 cm³/mol. The number of hydrogen-bond donors (Lipinski definition) is 3. The van der Waals surface area contributed by atoms with E-state index in [1.807, 2.05) is 0 Å². The standard InChI is InChI=1S/C63H118O17P2/c1-5-9-13-17-20-23-25-27-29-31-33-35-38-42-46-50-63(68)80-59(54-74-61(66)48-44-40-37-34-32-30-28-26-24-21-18-14-10-6-2)56-78-82(71,72)76-52-57(64)51-75-81(69,70)77-55-58(53-73-60(65)47-43-39-16-12-8-4)79-62(67)49-45-41-36-22-19-15-11-7-3/h23,25,27,29,57-59,64H,5-22,24,26,28,30-56H2,1-4H3,(H,69,70)(H,71,72)/b25-23-,29-27-/t57-,58+,59+/m0/s1. The first-order valence-corrected chi connectivity index (χ1v) is 35.6. The largest absolute Gasteiger partial charge is 0.472 e. The molecule has 482 valence electrons. The lowest BCUT2D eigenvalue weighted by Crippen LogP contribution is -2.30. The summed E-state index contributed by atoms with van der Waals surface area (Å²) >= 11 is 0. The van der Waals surface area contributed by atoms with Crippen LogP contribution in [0.5, 0.6) is 0 Å². The van der Waals surface area contributed by atoms with Crippen LogP contribution in [0, 0.1) is 0 Å². The maximum atomic E-state index is 13.0. The Morgan fingerprint density at radius 1 is 0.341 bits per heavy atom. The molecule has 19 heteroatoms. The van der Waals surface area contributed by atoms with Crippen molar-refractivity contribution >= 4 is 39.5 Å². The summed E-state index contributed by atoms with van der Waals surface area (Å²) in [5, 5.41) is 10.5. The van der Waals surface area contributed by atoms with Crippen molar-refractivity contribution in [2.75, 3.05) is 39.6 Å². The Morgan fingerprint density at radius 3 is 0.890 bits per heavy atom. The second-order valence-electron chi connectivity index (χ2n) is 22.1. The molecular weight excluding hydrogens is 1090 g/mol. The number of aliphatic hydroxyl groups excluding tert-OH is 1. The normalized spacial score (nSPS) is 14.4. The molecule has 0 spiro atoms. The van der Waals surface area contributed by atoms with E-state index in [0.717, 1.165) is 116 Å². The van der Waals surface area contributed by atoms with Crippen molar-refractivity contribution in [3.63, 3.8) is 0 Å². The quantitative estimate of drug-likeness (QED) is 0.0169. The van der Waals surface area contributed by atoms with Gasteiger partial charge in [0, 0.05) is 25.7 Å². The first-order valence-electron chi connectivity index (χ1n) is 32.6. The summed E-state index contributed by atoms with van der Waals surface area (Å²) in [6.07, 6.45) is 45.7. The van der Waals surface area contributed by atoms with Crippen LogP contribution in [-0.2, 0) is 65.4 Å². The van der Waals surface area contributed by atoms with Crippen LogP contribution in [0.3, 0.4) is 0 Å². The van der Waals surface area contributed by atoms with Crippen molar-refractivity contribution in [3.8, 4) is 0 Å². The van der Waals surface area contributed by atoms with Crippen molar-refractivity contribution in [2.45, 2.75) is 316 Å². The van der Waals surface area contributed by atoms with Crippen LogP contribution in [0.2, 0.25) is 0 Å². The van der Waals surface area contributed by atoms with Gasteiger partial charge in [0.15, 0.2) is 12.2 Å². The van der Waals surface area contributed by atoms with Gasteiger partial charge in [-0.2, -0.15) is 0 Å². The Bertz CT molecular complexity index is 1680. The number of esters is 4. The molecular formula is C63H118O17P2. The fourth-order valence-electron chi connectivity index (χ4n) is 8.92. The van der Waals surface area contributed by atoms with Crippen LogP contribution in [0.25, 0.3) is 0 Å². The Balaban J connectivity index is 5.20. The van der Waals surface area contributed by atoms with Gasteiger partial charge in [-0.05, 0) is 51.4 Å². The topological polar surface area (TPSA) is 237 Å². The zero-order chi connectivity index (χ0) is 60.5. The summed E-state index contributed by atoms with van der Waals surface area (Å²) in [6.45, 7) is 4.71. The van der Waals surface area contributed by atoms with Gasteiger partial charge < -0.3 is 33.8 Å². The highest BCUT2D eigenvalue weighted by atomic mass is 31.2. The van der Waals surface area contributed by atoms with E-state index in [4.69, 9.17) is 37.0 Å². The van der Waals surface area contributed by atoms with Gasteiger partial charge >= 0.3 is 39.5 Å². The monoisotopic (exact) mass is 1210 g/mol. The van der Waals surface area contributed by atoms with Gasteiger partial charge in [0.05, 0.1) is 26.4 Å². The number of phosphoric acid groups is 2. The summed E-state index contributed by atoms with van der Waals surface area (Å²) < 4.78 is 67.6. The van der Waals surface area contributed by atoms with Crippen LogP contribution in [0.4, 0.5) is 0 Å². The third-order valence-corrected chi connectivity index (χ3v) is 15.9. The Morgan fingerprint density at radius 2 is 0.585 bits per heavy atom. The van der Waals surface area contributed by atoms with Crippen molar-refractivity contribution in [2.24, 2.45) is 0 Å². The molecule has 3 N–H and O–H groups in total. The van der Waals surface area contributed by atoms with Gasteiger partial charge in [-0.1, -0.05) is 245 Å². The van der Waals surface area contributed by atoms with E-state index < -0.39 is 97.5 Å². The van der Waals surface area contributed by atoms with Crippen LogP contribution in [0.1, 0.15) is 297 Å². The maximum Gasteiger partial charge on any atom is 0.472 e. The highest BCUT2D eigenvalue weighted by Crippen LogP contribution is 2.45. The molecule has 0 aliphatic carbocycles. The summed E-state index contributed by atoms with van der Waals surface area (Å²) in [5.41, 5.74) is 0. The van der Waals surface area contributed by atoms with E-state index in [0.29, 0.717) is 25.7 Å². The van der Waals surface area contributed by atoms with Crippen LogP contribution >= 0.6 is 15.6 Å². The minimum Gasteiger partial charge on any atom is -0.462 e. The molecule has 0 rings (SSSR count). The minimum absolute atomic E-state index is 0.0855. The molecule has 0 aliphatic rings. The van der Waals surface area contributed by atoms with E-state index in [9.17, 15) is 43.2 Å². The molecule has 0 bridgehead atoms. The van der Waals surface area contributed by atoms with E-state index in [1.54, 1.807) is 0 Å². The Labute approximate surface area is 497 Å². The van der Waals surface area contributed by atoms with E-state index in [1.165, 1.54) is 103 Å². The van der Waals surface area contributed by atoms with Crippen molar-refractivity contribution in [1.82, 2.24) is 0 Å². The first-order chi connectivity index (χ1) is 39.7. The molecule has 0 aromatic rings. The van der Waals surface area contributed by atoms with Crippen molar-refractivity contribution < 1.29 is 80.2 Å². The van der Waals surface area contributed by atoms with E-state index >= 15 is 0 Å². The van der Waals surface area contributed by atoms with E-state index in [-0.39, 0.29) is 25.7 Å². The third-order valence-electron chi connectivity index (χ3n) is 14.0. The van der Waals surface area contributed by atoms with Gasteiger partial charge in [0.25, 0.3) is 0 Å². The number of ether oxygens (including phenoxy) is 4. The maximum absolute atomic E-state index is 13.0. The fraction of sp³-hybridized carbons (Fsp3) is 0.873. The molecule has 0 aliphatic heterocycles. The minimum atomic E-state index is -4.95. The summed E-state index contributed by atoms with van der Waals surface area (Å²) in [4.78, 5) is 71.8. The summed E-state index contributed by atoms with van der Waals surface area (Å²) in [7, 11) is -9.88. The van der Waals surface area contributed by atoms with Crippen LogP contribution < -0.4 is 0 Å². The molecule has 0 aromatic carbocycles. The number of hydrogen-bond acceptors (Lipinski definition) is 15. The van der Waals surface area contributed by atoms with Crippen LogP contribution in [-0.4, -0.2) is 96.7 Å². The number of rotatable bonds is 62. The second kappa shape index (κ2) is 57.6.